The van der Waals surface area contributed by atoms with E-state index < -0.39 is 0 Å². The SMILES string of the molecule is CC(=O)CC(=O)C1CCN(Cc2ccccc2)C1. The van der Waals surface area contributed by atoms with Crippen molar-refractivity contribution in [2.75, 3.05) is 13.1 Å². The lowest BCUT2D eigenvalue weighted by atomic mass is 9.99. The first kappa shape index (κ1) is 13.0. The van der Waals surface area contributed by atoms with Gasteiger partial charge in [-0.25, -0.2) is 0 Å². The fourth-order valence-corrected chi connectivity index (χ4v) is 2.47. The zero-order chi connectivity index (χ0) is 13.0. The van der Waals surface area contributed by atoms with E-state index in [0.717, 1.165) is 26.1 Å². The van der Waals surface area contributed by atoms with Crippen molar-refractivity contribution < 1.29 is 9.59 Å². The van der Waals surface area contributed by atoms with E-state index in [4.69, 9.17) is 0 Å². The molecular formula is C15H19NO2. The van der Waals surface area contributed by atoms with Crippen molar-refractivity contribution in [3.8, 4) is 0 Å². The predicted octanol–water partition coefficient (Wildman–Crippen LogP) is 2.06. The summed E-state index contributed by atoms with van der Waals surface area (Å²) < 4.78 is 0. The minimum Gasteiger partial charge on any atom is -0.300 e. The predicted molar refractivity (Wildman–Crippen MR) is 70.1 cm³/mol. The maximum absolute atomic E-state index is 11.8. The van der Waals surface area contributed by atoms with Gasteiger partial charge < -0.3 is 0 Å². The van der Waals surface area contributed by atoms with Gasteiger partial charge in [-0.3, -0.25) is 14.5 Å². The molecule has 18 heavy (non-hydrogen) atoms. The number of carbonyl (C=O) groups excluding carboxylic acids is 2. The average Bonchev–Trinajstić information content (AvgIpc) is 2.78. The number of benzene rings is 1. The maximum Gasteiger partial charge on any atom is 0.144 e. The van der Waals surface area contributed by atoms with E-state index in [-0.39, 0.29) is 23.9 Å². The highest BCUT2D eigenvalue weighted by Crippen LogP contribution is 2.20. The zero-order valence-corrected chi connectivity index (χ0v) is 10.8. The molecule has 3 nitrogen and oxygen atoms in total. The number of hydrogen-bond acceptors (Lipinski definition) is 3. The Morgan fingerprint density at radius 3 is 2.67 bits per heavy atom. The summed E-state index contributed by atoms with van der Waals surface area (Å²) in [6.45, 7) is 4.11. The van der Waals surface area contributed by atoms with Crippen LogP contribution in [0.1, 0.15) is 25.3 Å². The molecule has 0 saturated carbocycles. The number of likely N-dealkylation sites (tertiary alicyclic amines) is 1. The zero-order valence-electron chi connectivity index (χ0n) is 10.8. The first-order valence-electron chi connectivity index (χ1n) is 6.43. The summed E-state index contributed by atoms with van der Waals surface area (Å²) in [5, 5.41) is 0. The first-order chi connectivity index (χ1) is 8.65. The fourth-order valence-electron chi connectivity index (χ4n) is 2.47. The summed E-state index contributed by atoms with van der Waals surface area (Å²) >= 11 is 0. The molecule has 0 aromatic heterocycles. The van der Waals surface area contributed by atoms with Crippen LogP contribution in [0.2, 0.25) is 0 Å². The van der Waals surface area contributed by atoms with E-state index in [0.29, 0.717) is 0 Å². The summed E-state index contributed by atoms with van der Waals surface area (Å²) in [4.78, 5) is 25.0. The lowest BCUT2D eigenvalue weighted by Crippen LogP contribution is -2.23. The molecule has 1 aromatic carbocycles. The molecule has 0 radical (unpaired) electrons. The van der Waals surface area contributed by atoms with Crippen LogP contribution < -0.4 is 0 Å². The van der Waals surface area contributed by atoms with Crippen LogP contribution in [0.3, 0.4) is 0 Å². The Balaban J connectivity index is 1.85. The highest BCUT2D eigenvalue weighted by molar-refractivity contribution is 5.99. The topological polar surface area (TPSA) is 37.4 Å². The van der Waals surface area contributed by atoms with E-state index in [9.17, 15) is 9.59 Å². The molecule has 0 bridgehead atoms. The number of Topliss-reactive ketones (excluding diaryl/α,β-unsaturated/α-hetero) is 2. The van der Waals surface area contributed by atoms with Gasteiger partial charge in [0.05, 0.1) is 6.42 Å². The lowest BCUT2D eigenvalue weighted by Gasteiger charge is -2.15. The van der Waals surface area contributed by atoms with Crippen LogP contribution in [0.15, 0.2) is 30.3 Å². The minimum atomic E-state index is -0.0264. The van der Waals surface area contributed by atoms with Gasteiger partial charge in [-0.05, 0) is 25.5 Å². The molecule has 0 aliphatic carbocycles. The molecule has 1 aliphatic heterocycles. The Labute approximate surface area is 108 Å². The molecule has 1 aromatic rings. The number of hydrogen-bond donors (Lipinski definition) is 0. The van der Waals surface area contributed by atoms with Gasteiger partial charge in [0.1, 0.15) is 11.6 Å². The van der Waals surface area contributed by atoms with Crippen molar-refractivity contribution in [1.29, 1.82) is 0 Å². The molecule has 0 spiro atoms. The number of ketones is 2. The van der Waals surface area contributed by atoms with Gasteiger partial charge >= 0.3 is 0 Å². The van der Waals surface area contributed by atoms with Gasteiger partial charge in [-0.2, -0.15) is 0 Å². The van der Waals surface area contributed by atoms with Gasteiger partial charge in [0.2, 0.25) is 0 Å². The Morgan fingerprint density at radius 2 is 2.00 bits per heavy atom. The number of rotatable bonds is 5. The summed E-state index contributed by atoms with van der Waals surface area (Å²) in [6, 6.07) is 10.3. The van der Waals surface area contributed by atoms with E-state index >= 15 is 0 Å². The van der Waals surface area contributed by atoms with Gasteiger partial charge in [0.25, 0.3) is 0 Å². The smallest absolute Gasteiger partial charge is 0.144 e. The second-order valence-corrected chi connectivity index (χ2v) is 5.05. The largest absolute Gasteiger partial charge is 0.300 e. The number of carbonyl (C=O) groups is 2. The van der Waals surface area contributed by atoms with E-state index in [1.54, 1.807) is 0 Å². The van der Waals surface area contributed by atoms with Crippen LogP contribution >= 0.6 is 0 Å². The molecule has 1 fully saturated rings. The molecule has 1 aliphatic rings. The van der Waals surface area contributed by atoms with Gasteiger partial charge in [-0.15, -0.1) is 0 Å². The van der Waals surface area contributed by atoms with E-state index in [1.165, 1.54) is 12.5 Å². The third-order valence-electron chi connectivity index (χ3n) is 3.40. The van der Waals surface area contributed by atoms with Crippen molar-refractivity contribution in [3.63, 3.8) is 0 Å². The van der Waals surface area contributed by atoms with Crippen LogP contribution in [0.5, 0.6) is 0 Å². The Hall–Kier alpha value is -1.48. The monoisotopic (exact) mass is 245 g/mol. The Bertz CT molecular complexity index is 427. The van der Waals surface area contributed by atoms with Crippen LogP contribution in [0.25, 0.3) is 0 Å². The van der Waals surface area contributed by atoms with Crippen molar-refractivity contribution in [2.45, 2.75) is 26.3 Å². The van der Waals surface area contributed by atoms with E-state index in [1.807, 2.05) is 18.2 Å². The van der Waals surface area contributed by atoms with Crippen molar-refractivity contribution in [3.05, 3.63) is 35.9 Å². The van der Waals surface area contributed by atoms with Crippen LogP contribution in [-0.4, -0.2) is 29.6 Å². The molecule has 2 rings (SSSR count). The van der Waals surface area contributed by atoms with Crippen molar-refractivity contribution >= 4 is 11.6 Å². The molecule has 1 unspecified atom stereocenters. The highest BCUT2D eigenvalue weighted by atomic mass is 16.1. The Kier molecular flexibility index (Phi) is 4.26. The molecule has 3 heteroatoms. The first-order valence-corrected chi connectivity index (χ1v) is 6.43. The van der Waals surface area contributed by atoms with Crippen LogP contribution in [0.4, 0.5) is 0 Å². The van der Waals surface area contributed by atoms with Crippen molar-refractivity contribution in [1.82, 2.24) is 4.90 Å². The summed E-state index contributed by atoms with van der Waals surface area (Å²) in [5.41, 5.74) is 1.28. The van der Waals surface area contributed by atoms with Crippen LogP contribution in [-0.2, 0) is 16.1 Å². The fraction of sp³-hybridized carbons (Fsp3) is 0.467. The van der Waals surface area contributed by atoms with Gasteiger partial charge in [0.15, 0.2) is 0 Å². The third-order valence-corrected chi connectivity index (χ3v) is 3.40. The lowest BCUT2D eigenvalue weighted by molar-refractivity contribution is -0.128. The second-order valence-electron chi connectivity index (χ2n) is 5.05. The standard InChI is InChI=1S/C15H19NO2/c1-12(17)9-15(18)14-7-8-16(11-14)10-13-5-3-2-4-6-13/h2-6,14H,7-11H2,1H3. The molecule has 1 atom stereocenters. The van der Waals surface area contributed by atoms with Crippen molar-refractivity contribution in [2.24, 2.45) is 5.92 Å². The van der Waals surface area contributed by atoms with Gasteiger partial charge in [0, 0.05) is 19.0 Å². The molecule has 1 heterocycles. The maximum atomic E-state index is 11.8. The summed E-state index contributed by atoms with van der Waals surface area (Å²) in [5.74, 6) is 0.136. The number of nitrogens with zero attached hydrogens (tertiary/aromatic N) is 1. The minimum absolute atomic E-state index is 0.0264. The van der Waals surface area contributed by atoms with Crippen LogP contribution in [0, 0.1) is 5.92 Å². The average molecular weight is 245 g/mol. The quantitative estimate of drug-likeness (QED) is 0.745. The molecule has 1 saturated heterocycles. The highest BCUT2D eigenvalue weighted by Gasteiger charge is 2.28. The van der Waals surface area contributed by atoms with Gasteiger partial charge in [-0.1, -0.05) is 30.3 Å². The summed E-state index contributed by atoms with van der Waals surface area (Å²) in [7, 11) is 0. The summed E-state index contributed by atoms with van der Waals surface area (Å²) in [6.07, 6.45) is 0.989. The third kappa shape index (κ3) is 3.50. The molecular weight excluding hydrogens is 226 g/mol. The molecule has 0 N–H and O–H groups in total. The second kappa shape index (κ2) is 5.91. The molecule has 96 valence electrons. The van der Waals surface area contributed by atoms with E-state index in [2.05, 4.69) is 17.0 Å². The Morgan fingerprint density at radius 1 is 1.28 bits per heavy atom. The normalized spacial score (nSPS) is 19.9. The molecule has 0 amide bonds.